The van der Waals surface area contributed by atoms with E-state index in [1.807, 2.05) is 6.07 Å². The van der Waals surface area contributed by atoms with Crippen molar-refractivity contribution in [3.63, 3.8) is 0 Å². The van der Waals surface area contributed by atoms with Crippen LogP contribution < -0.4 is 0 Å². The van der Waals surface area contributed by atoms with Crippen LogP contribution in [0.4, 0.5) is 0 Å². The molecular weight excluding hydrogens is 203 g/mol. The number of hydrogen-bond donors (Lipinski definition) is 0. The zero-order valence-electron chi connectivity index (χ0n) is 7.45. The fraction of sp³-hybridized carbons (Fsp3) is 0.455. The second-order valence-corrected chi connectivity index (χ2v) is 4.43. The first-order valence-corrected chi connectivity index (χ1v) is 5.50. The van der Waals surface area contributed by atoms with Crippen molar-refractivity contribution in [1.29, 1.82) is 0 Å². The number of aryl methyl sites for hydroxylation is 1. The summed E-state index contributed by atoms with van der Waals surface area (Å²) >= 11 is 12.1. The van der Waals surface area contributed by atoms with E-state index in [2.05, 4.69) is 6.07 Å². The molecule has 0 aliphatic heterocycles. The van der Waals surface area contributed by atoms with Crippen LogP contribution in [-0.2, 0) is 12.8 Å². The highest BCUT2D eigenvalue weighted by atomic mass is 35.5. The van der Waals surface area contributed by atoms with E-state index in [4.69, 9.17) is 23.2 Å². The number of hydrogen-bond acceptors (Lipinski definition) is 0. The molecule has 0 atom stereocenters. The van der Waals surface area contributed by atoms with Crippen LogP contribution >= 0.6 is 23.2 Å². The molecule has 0 saturated carbocycles. The van der Waals surface area contributed by atoms with Crippen molar-refractivity contribution in [1.82, 2.24) is 0 Å². The molecule has 2 heteroatoms. The van der Waals surface area contributed by atoms with E-state index in [-0.39, 0.29) is 0 Å². The molecule has 0 fully saturated rings. The Balaban J connectivity index is 2.47. The summed E-state index contributed by atoms with van der Waals surface area (Å²) in [6.07, 6.45) is 6.08. The molecule has 13 heavy (non-hydrogen) atoms. The Morgan fingerprint density at radius 1 is 0.923 bits per heavy atom. The van der Waals surface area contributed by atoms with Gasteiger partial charge in [-0.2, -0.15) is 0 Å². The lowest BCUT2D eigenvalue weighted by Gasteiger charge is -2.07. The van der Waals surface area contributed by atoms with Crippen LogP contribution in [0.2, 0.25) is 10.0 Å². The molecule has 1 aliphatic carbocycles. The minimum absolute atomic E-state index is 0.769. The average Bonchev–Trinajstić information content (AvgIpc) is 2.28. The molecule has 70 valence electrons. The summed E-state index contributed by atoms with van der Waals surface area (Å²) in [5, 5.41) is 1.62. The molecule has 0 unspecified atom stereocenters. The van der Waals surface area contributed by atoms with Gasteiger partial charge in [-0.25, -0.2) is 0 Å². The number of halogens is 2. The summed E-state index contributed by atoms with van der Waals surface area (Å²) in [6.45, 7) is 0. The lowest BCUT2D eigenvalue weighted by atomic mass is 10.0. The maximum absolute atomic E-state index is 6.14. The smallest absolute Gasteiger partial charge is 0.0455 e. The number of rotatable bonds is 0. The van der Waals surface area contributed by atoms with Crippen molar-refractivity contribution in [2.45, 2.75) is 32.1 Å². The van der Waals surface area contributed by atoms with Crippen molar-refractivity contribution in [3.8, 4) is 0 Å². The van der Waals surface area contributed by atoms with Crippen molar-refractivity contribution < 1.29 is 0 Å². The van der Waals surface area contributed by atoms with Crippen LogP contribution in [0.3, 0.4) is 0 Å². The van der Waals surface area contributed by atoms with Gasteiger partial charge in [-0.05, 0) is 48.9 Å². The lowest BCUT2D eigenvalue weighted by Crippen LogP contribution is -1.91. The highest BCUT2D eigenvalue weighted by molar-refractivity contribution is 6.35. The van der Waals surface area contributed by atoms with Crippen molar-refractivity contribution in [2.24, 2.45) is 0 Å². The Morgan fingerprint density at radius 3 is 2.54 bits per heavy atom. The average molecular weight is 215 g/mol. The van der Waals surface area contributed by atoms with Gasteiger partial charge in [0, 0.05) is 10.0 Å². The first-order valence-electron chi connectivity index (χ1n) is 4.74. The van der Waals surface area contributed by atoms with E-state index >= 15 is 0 Å². The molecule has 0 N–H and O–H groups in total. The van der Waals surface area contributed by atoms with Gasteiger partial charge in [-0.15, -0.1) is 0 Å². The predicted molar refractivity (Wildman–Crippen MR) is 57.7 cm³/mol. The third-order valence-electron chi connectivity index (χ3n) is 2.63. The Hall–Kier alpha value is -0.200. The molecule has 0 spiro atoms. The summed E-state index contributed by atoms with van der Waals surface area (Å²) in [5.74, 6) is 0. The van der Waals surface area contributed by atoms with Gasteiger partial charge in [0.25, 0.3) is 0 Å². The largest absolute Gasteiger partial charge is 0.0843 e. The minimum Gasteiger partial charge on any atom is -0.0843 e. The van der Waals surface area contributed by atoms with Gasteiger partial charge in [0.15, 0.2) is 0 Å². The summed E-state index contributed by atoms with van der Waals surface area (Å²) in [5.41, 5.74) is 2.68. The Bertz CT molecular complexity index is 318. The van der Waals surface area contributed by atoms with Gasteiger partial charge in [-0.3, -0.25) is 0 Å². The van der Waals surface area contributed by atoms with Gasteiger partial charge in [0.05, 0.1) is 0 Å². The van der Waals surface area contributed by atoms with Crippen molar-refractivity contribution in [3.05, 3.63) is 33.3 Å². The van der Waals surface area contributed by atoms with Gasteiger partial charge in [0.1, 0.15) is 0 Å². The molecule has 1 aromatic rings. The van der Waals surface area contributed by atoms with Crippen LogP contribution in [0.25, 0.3) is 0 Å². The molecule has 1 aromatic carbocycles. The third kappa shape index (κ3) is 2.00. The standard InChI is InChI=1S/C11H12Cl2/c12-9-6-8-4-2-1-3-5-10(8)11(13)7-9/h6-7H,1-5H2. The van der Waals surface area contributed by atoms with Crippen LogP contribution in [0.15, 0.2) is 12.1 Å². The predicted octanol–water partition coefficient (Wildman–Crippen LogP) is 4.26. The third-order valence-corrected chi connectivity index (χ3v) is 3.18. The van der Waals surface area contributed by atoms with Crippen LogP contribution in [0, 0.1) is 0 Å². The molecule has 0 heterocycles. The summed E-state index contributed by atoms with van der Waals surface area (Å²) in [4.78, 5) is 0. The first kappa shape index (κ1) is 9.36. The van der Waals surface area contributed by atoms with Crippen LogP contribution in [0.1, 0.15) is 30.4 Å². The molecule has 0 amide bonds. The van der Waals surface area contributed by atoms with Gasteiger partial charge in [-0.1, -0.05) is 29.6 Å². The van der Waals surface area contributed by atoms with E-state index < -0.39 is 0 Å². The molecule has 0 radical (unpaired) electrons. The zero-order valence-corrected chi connectivity index (χ0v) is 8.96. The molecule has 0 saturated heterocycles. The second-order valence-electron chi connectivity index (χ2n) is 3.59. The first-order chi connectivity index (χ1) is 6.27. The molecular formula is C11H12Cl2. The quantitative estimate of drug-likeness (QED) is 0.567. The van der Waals surface area contributed by atoms with E-state index in [1.54, 1.807) is 0 Å². The van der Waals surface area contributed by atoms with Gasteiger partial charge in [0.2, 0.25) is 0 Å². The number of benzene rings is 1. The molecule has 0 aromatic heterocycles. The highest BCUT2D eigenvalue weighted by Crippen LogP contribution is 2.30. The van der Waals surface area contributed by atoms with Crippen LogP contribution in [-0.4, -0.2) is 0 Å². The highest BCUT2D eigenvalue weighted by Gasteiger charge is 2.11. The maximum atomic E-state index is 6.14. The summed E-state index contributed by atoms with van der Waals surface area (Å²) in [6, 6.07) is 3.92. The fourth-order valence-corrected chi connectivity index (χ4v) is 2.58. The van der Waals surface area contributed by atoms with Gasteiger partial charge >= 0.3 is 0 Å². The van der Waals surface area contributed by atoms with Gasteiger partial charge < -0.3 is 0 Å². The normalized spacial score (nSPS) is 16.5. The van der Waals surface area contributed by atoms with E-state index in [9.17, 15) is 0 Å². The lowest BCUT2D eigenvalue weighted by molar-refractivity contribution is 0.711. The zero-order chi connectivity index (χ0) is 9.26. The Labute approximate surface area is 88.9 Å². The van der Waals surface area contributed by atoms with Crippen LogP contribution in [0.5, 0.6) is 0 Å². The topological polar surface area (TPSA) is 0 Å². The second kappa shape index (κ2) is 3.89. The summed E-state index contributed by atoms with van der Waals surface area (Å²) < 4.78 is 0. The molecule has 0 bridgehead atoms. The van der Waals surface area contributed by atoms with E-state index in [1.165, 1.54) is 30.4 Å². The van der Waals surface area contributed by atoms with Crippen molar-refractivity contribution in [2.75, 3.05) is 0 Å². The minimum atomic E-state index is 0.769. The molecule has 1 aliphatic rings. The maximum Gasteiger partial charge on any atom is 0.0455 e. The molecule has 2 rings (SSSR count). The molecule has 0 nitrogen and oxygen atoms in total. The number of fused-ring (bicyclic) bond motifs is 1. The summed E-state index contributed by atoms with van der Waals surface area (Å²) in [7, 11) is 0. The Kier molecular flexibility index (Phi) is 2.80. The van der Waals surface area contributed by atoms with E-state index in [0.29, 0.717) is 0 Å². The Morgan fingerprint density at radius 2 is 1.69 bits per heavy atom. The fourth-order valence-electron chi connectivity index (χ4n) is 1.95. The van der Waals surface area contributed by atoms with E-state index in [0.717, 1.165) is 22.9 Å². The SMILES string of the molecule is Clc1cc(Cl)c2c(c1)CCCCC2. The van der Waals surface area contributed by atoms with Crippen molar-refractivity contribution >= 4 is 23.2 Å². The monoisotopic (exact) mass is 214 g/mol.